The topological polar surface area (TPSA) is 47.6 Å². The van der Waals surface area contributed by atoms with Gasteiger partial charge >= 0.3 is 5.97 Å². The molecular weight excluding hydrogens is 230 g/mol. The summed E-state index contributed by atoms with van der Waals surface area (Å²) < 4.78 is 10.7. The van der Waals surface area contributed by atoms with Gasteiger partial charge in [-0.15, -0.1) is 0 Å². The third-order valence-corrected chi connectivity index (χ3v) is 2.56. The van der Waals surface area contributed by atoms with Crippen molar-refractivity contribution in [2.24, 2.45) is 0 Å². The Labute approximate surface area is 108 Å². The number of para-hydroxylation sites is 1. The number of benzene rings is 1. The fraction of sp³-hybridized carbons (Fsp3) is 0.500. The molecule has 0 aliphatic carbocycles. The van der Waals surface area contributed by atoms with Crippen LogP contribution in [0.2, 0.25) is 0 Å². The summed E-state index contributed by atoms with van der Waals surface area (Å²) in [5, 5.41) is 3.11. The molecule has 4 heteroatoms. The molecule has 0 bridgehead atoms. The number of ether oxygens (including phenoxy) is 2. The Morgan fingerprint density at radius 3 is 2.50 bits per heavy atom. The van der Waals surface area contributed by atoms with Crippen LogP contribution in [-0.4, -0.2) is 31.3 Å². The first-order valence-electron chi connectivity index (χ1n) is 6.22. The van der Waals surface area contributed by atoms with Gasteiger partial charge in [0.15, 0.2) is 0 Å². The van der Waals surface area contributed by atoms with Crippen LogP contribution in [0.1, 0.15) is 20.8 Å². The molecule has 0 spiro atoms. The molecule has 0 fully saturated rings. The SMILES string of the molecule is CCNC(C)(COc1ccccc1)C(=O)OCC. The van der Waals surface area contributed by atoms with E-state index in [2.05, 4.69) is 5.32 Å². The maximum Gasteiger partial charge on any atom is 0.329 e. The highest BCUT2D eigenvalue weighted by molar-refractivity contribution is 5.80. The van der Waals surface area contributed by atoms with Crippen LogP contribution in [0.25, 0.3) is 0 Å². The van der Waals surface area contributed by atoms with Crippen LogP contribution in [-0.2, 0) is 9.53 Å². The number of esters is 1. The molecule has 0 aliphatic heterocycles. The Balaban J connectivity index is 2.65. The van der Waals surface area contributed by atoms with Crippen molar-refractivity contribution in [2.75, 3.05) is 19.8 Å². The summed E-state index contributed by atoms with van der Waals surface area (Å²) in [5.41, 5.74) is -0.819. The number of carbonyl (C=O) groups excluding carboxylic acids is 1. The standard InChI is InChI=1S/C14H21NO3/c1-4-15-14(3,13(16)17-5-2)11-18-12-9-7-6-8-10-12/h6-10,15H,4-5,11H2,1-3H3. The van der Waals surface area contributed by atoms with Gasteiger partial charge in [0.2, 0.25) is 0 Å². The maximum absolute atomic E-state index is 11.9. The van der Waals surface area contributed by atoms with Gasteiger partial charge in [-0.2, -0.15) is 0 Å². The van der Waals surface area contributed by atoms with E-state index >= 15 is 0 Å². The van der Waals surface area contributed by atoms with E-state index < -0.39 is 5.54 Å². The van der Waals surface area contributed by atoms with Crippen molar-refractivity contribution in [1.29, 1.82) is 0 Å². The third-order valence-electron chi connectivity index (χ3n) is 2.56. The number of carbonyl (C=O) groups is 1. The monoisotopic (exact) mass is 251 g/mol. The minimum atomic E-state index is -0.819. The van der Waals surface area contributed by atoms with E-state index in [1.807, 2.05) is 37.3 Å². The van der Waals surface area contributed by atoms with Crippen molar-refractivity contribution < 1.29 is 14.3 Å². The number of hydrogen-bond donors (Lipinski definition) is 1. The van der Waals surface area contributed by atoms with Gasteiger partial charge in [-0.1, -0.05) is 25.1 Å². The van der Waals surface area contributed by atoms with Gasteiger partial charge in [0.1, 0.15) is 17.9 Å². The molecule has 0 aliphatic rings. The first-order chi connectivity index (χ1) is 8.62. The largest absolute Gasteiger partial charge is 0.491 e. The minimum Gasteiger partial charge on any atom is -0.491 e. The Morgan fingerprint density at radius 2 is 1.94 bits per heavy atom. The van der Waals surface area contributed by atoms with Crippen molar-refractivity contribution >= 4 is 5.97 Å². The second kappa shape index (κ2) is 7.01. The van der Waals surface area contributed by atoms with Gasteiger partial charge < -0.3 is 9.47 Å². The molecule has 1 unspecified atom stereocenters. The van der Waals surface area contributed by atoms with Crippen molar-refractivity contribution in [3.63, 3.8) is 0 Å². The average Bonchev–Trinajstić information content (AvgIpc) is 2.38. The second-order valence-corrected chi connectivity index (χ2v) is 4.18. The molecule has 100 valence electrons. The zero-order valence-corrected chi connectivity index (χ0v) is 11.2. The smallest absolute Gasteiger partial charge is 0.329 e. The lowest BCUT2D eigenvalue weighted by Crippen LogP contribution is -2.54. The summed E-state index contributed by atoms with van der Waals surface area (Å²) in [6.07, 6.45) is 0. The van der Waals surface area contributed by atoms with Crippen LogP contribution >= 0.6 is 0 Å². The number of hydrogen-bond acceptors (Lipinski definition) is 4. The number of nitrogens with one attached hydrogen (secondary N) is 1. The quantitative estimate of drug-likeness (QED) is 0.753. The molecule has 0 amide bonds. The fourth-order valence-corrected chi connectivity index (χ4v) is 1.61. The van der Waals surface area contributed by atoms with Crippen molar-refractivity contribution in [3.05, 3.63) is 30.3 Å². The summed E-state index contributed by atoms with van der Waals surface area (Å²) in [5.74, 6) is 0.453. The summed E-state index contributed by atoms with van der Waals surface area (Å²) in [7, 11) is 0. The van der Waals surface area contributed by atoms with Crippen molar-refractivity contribution in [2.45, 2.75) is 26.3 Å². The molecule has 0 saturated carbocycles. The van der Waals surface area contributed by atoms with Crippen LogP contribution in [0.4, 0.5) is 0 Å². The lowest BCUT2D eigenvalue weighted by atomic mass is 10.0. The van der Waals surface area contributed by atoms with Crippen LogP contribution < -0.4 is 10.1 Å². The van der Waals surface area contributed by atoms with Gasteiger partial charge in [0, 0.05) is 0 Å². The maximum atomic E-state index is 11.9. The highest BCUT2D eigenvalue weighted by Gasteiger charge is 2.34. The molecular formula is C14H21NO3. The zero-order valence-electron chi connectivity index (χ0n) is 11.2. The van der Waals surface area contributed by atoms with Crippen LogP contribution in [0.3, 0.4) is 0 Å². The Bertz CT molecular complexity index is 367. The predicted molar refractivity (Wildman–Crippen MR) is 70.7 cm³/mol. The van der Waals surface area contributed by atoms with E-state index in [1.165, 1.54) is 0 Å². The van der Waals surface area contributed by atoms with Crippen LogP contribution in [0.15, 0.2) is 30.3 Å². The van der Waals surface area contributed by atoms with Crippen molar-refractivity contribution in [3.8, 4) is 5.75 Å². The Kier molecular flexibility index (Phi) is 5.65. The molecule has 0 saturated heterocycles. The van der Waals surface area contributed by atoms with Crippen LogP contribution in [0.5, 0.6) is 5.75 Å². The highest BCUT2D eigenvalue weighted by Crippen LogP contribution is 2.13. The normalized spacial score (nSPS) is 13.7. The Morgan fingerprint density at radius 1 is 1.28 bits per heavy atom. The average molecular weight is 251 g/mol. The lowest BCUT2D eigenvalue weighted by Gasteiger charge is -2.27. The minimum absolute atomic E-state index is 0.240. The molecule has 0 heterocycles. The molecule has 1 rings (SSSR count). The van der Waals surface area contributed by atoms with E-state index in [4.69, 9.17) is 9.47 Å². The molecule has 1 atom stereocenters. The molecule has 0 aromatic heterocycles. The second-order valence-electron chi connectivity index (χ2n) is 4.18. The van der Waals surface area contributed by atoms with E-state index in [9.17, 15) is 4.79 Å². The van der Waals surface area contributed by atoms with Crippen LogP contribution in [0, 0.1) is 0 Å². The molecule has 1 aromatic rings. The first-order valence-corrected chi connectivity index (χ1v) is 6.22. The summed E-state index contributed by atoms with van der Waals surface area (Å²) in [6.45, 7) is 6.81. The first kappa shape index (κ1) is 14.5. The van der Waals surface area contributed by atoms with Gasteiger partial charge in [0.25, 0.3) is 0 Å². The molecule has 0 radical (unpaired) electrons. The van der Waals surface area contributed by atoms with E-state index in [1.54, 1.807) is 13.8 Å². The summed E-state index contributed by atoms with van der Waals surface area (Å²) >= 11 is 0. The fourth-order valence-electron chi connectivity index (χ4n) is 1.61. The predicted octanol–water partition coefficient (Wildman–Crippen LogP) is 2.00. The molecule has 18 heavy (non-hydrogen) atoms. The number of likely N-dealkylation sites (N-methyl/N-ethyl adjacent to an activating group) is 1. The van der Waals surface area contributed by atoms with E-state index in [0.29, 0.717) is 13.2 Å². The highest BCUT2D eigenvalue weighted by atomic mass is 16.5. The summed E-state index contributed by atoms with van der Waals surface area (Å²) in [4.78, 5) is 11.9. The van der Waals surface area contributed by atoms with Gasteiger partial charge in [0.05, 0.1) is 6.61 Å². The molecule has 1 N–H and O–H groups in total. The van der Waals surface area contributed by atoms with Gasteiger partial charge in [-0.3, -0.25) is 5.32 Å². The van der Waals surface area contributed by atoms with E-state index in [0.717, 1.165) is 5.75 Å². The van der Waals surface area contributed by atoms with Crippen molar-refractivity contribution in [1.82, 2.24) is 5.32 Å². The zero-order chi connectivity index (χ0) is 13.4. The van der Waals surface area contributed by atoms with Gasteiger partial charge in [-0.05, 0) is 32.5 Å². The van der Waals surface area contributed by atoms with E-state index in [-0.39, 0.29) is 12.6 Å². The lowest BCUT2D eigenvalue weighted by molar-refractivity contribution is -0.151. The Hall–Kier alpha value is -1.55. The third kappa shape index (κ3) is 4.04. The van der Waals surface area contributed by atoms with Gasteiger partial charge in [-0.25, -0.2) is 4.79 Å². The molecule has 1 aromatic carbocycles. The summed E-state index contributed by atoms with van der Waals surface area (Å²) in [6, 6.07) is 9.42. The molecule has 4 nitrogen and oxygen atoms in total. The number of rotatable bonds is 7.